The standard InChI is InChI=1S/C26H23ClFN5O4/c1-15(12-29-26(35)36)25(34)33-18-5-7-22-20(10-18)24(31-14-30-22)32-19-6-8-23(21(27)11-19)37-13-16-3-2-4-17(28)9-16/h2-11,14-15,29H,12-13H2,1H3,(H,33,34)(H,35,36)(H,30,31,32). The van der Waals surface area contributed by atoms with E-state index in [0.29, 0.717) is 44.4 Å². The normalized spacial score (nSPS) is 11.5. The molecule has 1 heterocycles. The van der Waals surface area contributed by atoms with Crippen LogP contribution in [-0.2, 0) is 11.4 Å². The Morgan fingerprint density at radius 3 is 2.65 bits per heavy atom. The van der Waals surface area contributed by atoms with Gasteiger partial charge in [0.1, 0.15) is 30.3 Å². The van der Waals surface area contributed by atoms with Gasteiger partial charge in [-0.15, -0.1) is 0 Å². The average Bonchev–Trinajstić information content (AvgIpc) is 2.87. The van der Waals surface area contributed by atoms with Crippen LogP contribution in [0.25, 0.3) is 10.9 Å². The van der Waals surface area contributed by atoms with Crippen molar-refractivity contribution in [3.05, 3.63) is 83.4 Å². The molecule has 1 atom stereocenters. The topological polar surface area (TPSA) is 125 Å². The van der Waals surface area contributed by atoms with Crippen molar-refractivity contribution in [1.82, 2.24) is 15.3 Å². The molecule has 0 aliphatic rings. The number of halogens is 2. The van der Waals surface area contributed by atoms with Gasteiger partial charge in [-0.2, -0.15) is 0 Å². The Morgan fingerprint density at radius 2 is 1.89 bits per heavy atom. The summed E-state index contributed by atoms with van der Waals surface area (Å²) < 4.78 is 19.1. The molecule has 0 bridgehead atoms. The number of hydrogen-bond acceptors (Lipinski definition) is 6. The maximum atomic E-state index is 13.4. The number of hydrogen-bond donors (Lipinski definition) is 4. The third-order valence-corrected chi connectivity index (χ3v) is 5.68. The Bertz CT molecular complexity index is 1450. The minimum Gasteiger partial charge on any atom is -0.487 e. The number of carboxylic acid groups (broad SMARTS) is 1. The molecule has 0 spiro atoms. The lowest BCUT2D eigenvalue weighted by molar-refractivity contribution is -0.119. The highest BCUT2D eigenvalue weighted by molar-refractivity contribution is 6.32. The summed E-state index contributed by atoms with van der Waals surface area (Å²) in [5.74, 6) is -0.303. The van der Waals surface area contributed by atoms with Crippen molar-refractivity contribution in [3.8, 4) is 5.75 Å². The quantitative estimate of drug-likeness (QED) is 0.225. The smallest absolute Gasteiger partial charge is 0.404 e. The molecular weight excluding hydrogens is 501 g/mol. The van der Waals surface area contributed by atoms with Crippen LogP contribution in [0.15, 0.2) is 67.0 Å². The van der Waals surface area contributed by atoms with Crippen molar-refractivity contribution >= 4 is 51.7 Å². The minimum absolute atomic E-state index is 0.00658. The number of nitrogens with one attached hydrogen (secondary N) is 3. The molecule has 9 nitrogen and oxygen atoms in total. The highest BCUT2D eigenvalue weighted by Crippen LogP contribution is 2.31. The van der Waals surface area contributed by atoms with Crippen molar-refractivity contribution in [3.63, 3.8) is 0 Å². The SMILES string of the molecule is CC(CNC(=O)O)C(=O)Nc1ccc2ncnc(Nc3ccc(OCc4cccc(F)c4)c(Cl)c3)c2c1. The van der Waals surface area contributed by atoms with Gasteiger partial charge in [0.05, 0.1) is 16.5 Å². The number of carbonyl (C=O) groups excluding carboxylic acids is 1. The van der Waals surface area contributed by atoms with Crippen LogP contribution in [0.3, 0.4) is 0 Å². The third-order valence-electron chi connectivity index (χ3n) is 5.39. The molecule has 2 amide bonds. The molecular formula is C26H23ClFN5O4. The highest BCUT2D eigenvalue weighted by atomic mass is 35.5. The van der Waals surface area contributed by atoms with Gasteiger partial charge in [0.15, 0.2) is 0 Å². The summed E-state index contributed by atoms with van der Waals surface area (Å²) in [5.41, 5.74) is 2.49. The fourth-order valence-electron chi connectivity index (χ4n) is 3.45. The summed E-state index contributed by atoms with van der Waals surface area (Å²) in [7, 11) is 0. The van der Waals surface area contributed by atoms with Crippen LogP contribution in [0, 0.1) is 11.7 Å². The summed E-state index contributed by atoms with van der Waals surface area (Å²) in [6, 6.07) is 16.5. The molecule has 1 aromatic heterocycles. The number of anilines is 3. The van der Waals surface area contributed by atoms with Crippen LogP contribution in [0.2, 0.25) is 5.02 Å². The van der Waals surface area contributed by atoms with Crippen molar-refractivity contribution < 1.29 is 23.8 Å². The summed E-state index contributed by atoms with van der Waals surface area (Å²) in [4.78, 5) is 31.7. The summed E-state index contributed by atoms with van der Waals surface area (Å²) >= 11 is 6.41. The van der Waals surface area contributed by atoms with E-state index in [1.165, 1.54) is 18.5 Å². The molecule has 11 heteroatoms. The number of carbonyl (C=O) groups is 2. The van der Waals surface area contributed by atoms with Gasteiger partial charge < -0.3 is 25.8 Å². The second-order valence-electron chi connectivity index (χ2n) is 8.22. The lowest BCUT2D eigenvalue weighted by atomic mass is 10.1. The first-order valence-electron chi connectivity index (χ1n) is 11.2. The zero-order chi connectivity index (χ0) is 26.4. The zero-order valence-electron chi connectivity index (χ0n) is 19.7. The molecule has 0 fully saturated rings. The Hall–Kier alpha value is -4.44. The van der Waals surface area contributed by atoms with Gasteiger partial charge in [-0.25, -0.2) is 19.2 Å². The van der Waals surface area contributed by atoms with Gasteiger partial charge in [0.25, 0.3) is 0 Å². The number of ether oxygens (including phenoxy) is 1. The van der Waals surface area contributed by atoms with Crippen molar-refractivity contribution in [1.29, 1.82) is 0 Å². The molecule has 0 aliphatic heterocycles. The lowest BCUT2D eigenvalue weighted by Gasteiger charge is -2.14. The number of fused-ring (bicyclic) bond motifs is 1. The first-order valence-corrected chi connectivity index (χ1v) is 11.6. The molecule has 0 aliphatic carbocycles. The van der Waals surface area contributed by atoms with Crippen LogP contribution in [0.5, 0.6) is 5.75 Å². The Balaban J connectivity index is 1.47. The molecule has 0 radical (unpaired) electrons. The molecule has 1 unspecified atom stereocenters. The molecule has 37 heavy (non-hydrogen) atoms. The minimum atomic E-state index is -1.19. The van der Waals surface area contributed by atoms with Crippen LogP contribution in [-0.4, -0.2) is 33.6 Å². The van der Waals surface area contributed by atoms with Gasteiger partial charge in [0, 0.05) is 23.3 Å². The van der Waals surface area contributed by atoms with Crippen LogP contribution >= 0.6 is 11.6 Å². The molecule has 4 N–H and O–H groups in total. The zero-order valence-corrected chi connectivity index (χ0v) is 20.4. The first-order chi connectivity index (χ1) is 17.8. The van der Waals surface area contributed by atoms with Crippen LogP contribution in [0.1, 0.15) is 12.5 Å². The van der Waals surface area contributed by atoms with Gasteiger partial charge in [0.2, 0.25) is 5.91 Å². The first kappa shape index (κ1) is 25.6. The molecule has 3 aromatic carbocycles. The molecule has 0 saturated carbocycles. The van der Waals surface area contributed by atoms with Gasteiger partial charge in [-0.05, 0) is 54.1 Å². The van der Waals surface area contributed by atoms with Crippen molar-refractivity contribution in [2.45, 2.75) is 13.5 Å². The fraction of sp³-hybridized carbons (Fsp3) is 0.154. The average molecular weight is 524 g/mol. The van der Waals surface area contributed by atoms with E-state index in [9.17, 15) is 14.0 Å². The van der Waals surface area contributed by atoms with Crippen LogP contribution in [0.4, 0.5) is 26.4 Å². The summed E-state index contributed by atoms with van der Waals surface area (Å²) in [6.07, 6.45) is 0.227. The fourth-order valence-corrected chi connectivity index (χ4v) is 3.69. The van der Waals surface area contributed by atoms with Crippen molar-refractivity contribution in [2.24, 2.45) is 5.92 Å². The Kier molecular flexibility index (Phi) is 7.99. The predicted molar refractivity (Wildman–Crippen MR) is 139 cm³/mol. The molecule has 4 aromatic rings. The molecule has 0 saturated heterocycles. The Morgan fingerprint density at radius 1 is 1.08 bits per heavy atom. The lowest BCUT2D eigenvalue weighted by Crippen LogP contribution is -2.33. The second-order valence-corrected chi connectivity index (χ2v) is 8.63. The van der Waals surface area contributed by atoms with E-state index in [-0.39, 0.29) is 24.9 Å². The van der Waals surface area contributed by atoms with E-state index in [0.717, 1.165) is 0 Å². The Labute approximate surface area is 216 Å². The van der Waals surface area contributed by atoms with E-state index >= 15 is 0 Å². The largest absolute Gasteiger partial charge is 0.487 e. The van der Waals surface area contributed by atoms with Crippen molar-refractivity contribution in [2.75, 3.05) is 17.2 Å². The number of rotatable bonds is 9. The predicted octanol–water partition coefficient (Wildman–Crippen LogP) is 5.59. The van der Waals surface area contributed by atoms with Crippen LogP contribution < -0.4 is 20.7 Å². The van der Waals surface area contributed by atoms with E-state index < -0.39 is 12.0 Å². The second kappa shape index (κ2) is 11.5. The summed E-state index contributed by atoms with van der Waals surface area (Å²) in [5, 5.41) is 17.9. The third kappa shape index (κ3) is 6.83. The van der Waals surface area contributed by atoms with Gasteiger partial charge >= 0.3 is 6.09 Å². The highest BCUT2D eigenvalue weighted by Gasteiger charge is 2.15. The van der Waals surface area contributed by atoms with E-state index in [4.69, 9.17) is 21.4 Å². The number of aromatic nitrogens is 2. The monoisotopic (exact) mass is 523 g/mol. The van der Waals surface area contributed by atoms with Gasteiger partial charge in [-0.3, -0.25) is 4.79 Å². The maximum absolute atomic E-state index is 13.4. The number of benzene rings is 3. The summed E-state index contributed by atoms with van der Waals surface area (Å²) in [6.45, 7) is 1.78. The maximum Gasteiger partial charge on any atom is 0.404 e. The van der Waals surface area contributed by atoms with E-state index in [1.54, 1.807) is 55.5 Å². The molecule has 4 rings (SSSR count). The number of nitrogens with zero attached hydrogens (tertiary/aromatic N) is 2. The molecule has 190 valence electrons. The van der Waals surface area contributed by atoms with Gasteiger partial charge in [-0.1, -0.05) is 30.7 Å². The van der Waals surface area contributed by atoms with E-state index in [2.05, 4.69) is 25.9 Å². The van der Waals surface area contributed by atoms with E-state index in [1.807, 2.05) is 0 Å². The number of amides is 2.